The van der Waals surface area contributed by atoms with Gasteiger partial charge in [-0.25, -0.2) is 9.37 Å². The molecular formula is C30H26FN3O2. The molecule has 2 aliphatic carbocycles. The number of Topliss-reactive ketones (excluding diaryl/α,β-unsaturated/α-hetero) is 1. The highest BCUT2D eigenvalue weighted by Crippen LogP contribution is 2.59. The predicted octanol–water partition coefficient (Wildman–Crippen LogP) is 6.13. The van der Waals surface area contributed by atoms with Crippen molar-refractivity contribution in [3.8, 4) is 11.3 Å². The van der Waals surface area contributed by atoms with Crippen LogP contribution in [0.1, 0.15) is 56.4 Å². The minimum Gasteiger partial charge on any atom is -0.358 e. The topological polar surface area (TPSA) is 74.8 Å². The van der Waals surface area contributed by atoms with Gasteiger partial charge >= 0.3 is 0 Å². The number of ketones is 1. The molecule has 5 nitrogen and oxygen atoms in total. The molecule has 0 aliphatic heterocycles. The molecule has 180 valence electrons. The summed E-state index contributed by atoms with van der Waals surface area (Å²) < 4.78 is 13.5. The predicted molar refractivity (Wildman–Crippen MR) is 137 cm³/mol. The van der Waals surface area contributed by atoms with E-state index in [-0.39, 0.29) is 28.8 Å². The molecule has 1 fully saturated rings. The summed E-state index contributed by atoms with van der Waals surface area (Å²) >= 11 is 0. The number of H-pyrrole nitrogens is 1. The number of halogens is 1. The molecule has 0 unspecified atom stereocenters. The van der Waals surface area contributed by atoms with Crippen molar-refractivity contribution < 1.29 is 14.0 Å². The molecule has 6 heteroatoms. The summed E-state index contributed by atoms with van der Waals surface area (Å²) in [5.41, 5.74) is 6.69. The maximum Gasteiger partial charge on any atom is 0.257 e. The van der Waals surface area contributed by atoms with E-state index in [1.807, 2.05) is 30.3 Å². The molecule has 2 aromatic carbocycles. The lowest BCUT2D eigenvalue weighted by Gasteiger charge is -2.17. The molecule has 2 aliphatic rings. The first-order valence-electron chi connectivity index (χ1n) is 12.2. The Morgan fingerprint density at radius 3 is 2.75 bits per heavy atom. The summed E-state index contributed by atoms with van der Waals surface area (Å²) in [6.45, 7) is 3.89. The zero-order chi connectivity index (χ0) is 25.0. The molecule has 0 bridgehead atoms. The number of nitrogens with one attached hydrogen (secondary N) is 2. The van der Waals surface area contributed by atoms with E-state index in [0.29, 0.717) is 23.4 Å². The van der Waals surface area contributed by atoms with Crippen molar-refractivity contribution in [2.24, 2.45) is 11.3 Å². The van der Waals surface area contributed by atoms with Gasteiger partial charge in [0, 0.05) is 40.9 Å². The number of anilines is 1. The molecule has 0 saturated heterocycles. The number of carbonyl (C=O) groups excluding carboxylic acids is 2. The Hall–Kier alpha value is -4.06. The number of hydrogen-bond acceptors (Lipinski definition) is 3. The number of hydrogen-bond donors (Lipinski definition) is 2. The van der Waals surface area contributed by atoms with Gasteiger partial charge in [-0.3, -0.25) is 9.59 Å². The Labute approximate surface area is 208 Å². The Morgan fingerprint density at radius 1 is 1.17 bits per heavy atom. The Bertz CT molecular complexity index is 1520. The van der Waals surface area contributed by atoms with E-state index >= 15 is 0 Å². The van der Waals surface area contributed by atoms with Crippen LogP contribution in [-0.4, -0.2) is 21.7 Å². The van der Waals surface area contributed by atoms with Crippen molar-refractivity contribution in [3.05, 3.63) is 106 Å². The SMILES string of the molecule is Cc1cc(F)ccc1C(=O)Nc1cc(-c2[nH]c3c(c2Cc2ccccc2)C(=O)[C@H]2C[C@@]2(C)C3)ccn1. The van der Waals surface area contributed by atoms with Gasteiger partial charge in [0.2, 0.25) is 0 Å². The number of pyridine rings is 1. The van der Waals surface area contributed by atoms with E-state index in [2.05, 4.69) is 34.3 Å². The lowest BCUT2D eigenvalue weighted by atomic mass is 9.84. The molecular weight excluding hydrogens is 453 g/mol. The van der Waals surface area contributed by atoms with Crippen LogP contribution in [0.4, 0.5) is 10.2 Å². The second kappa shape index (κ2) is 8.26. The van der Waals surface area contributed by atoms with E-state index in [4.69, 9.17) is 0 Å². The number of amides is 1. The van der Waals surface area contributed by atoms with Crippen LogP contribution in [-0.2, 0) is 12.8 Å². The zero-order valence-electron chi connectivity index (χ0n) is 20.2. The third-order valence-corrected chi connectivity index (χ3v) is 7.62. The van der Waals surface area contributed by atoms with Crippen LogP contribution < -0.4 is 5.32 Å². The van der Waals surface area contributed by atoms with E-state index in [0.717, 1.165) is 46.5 Å². The first kappa shape index (κ1) is 22.4. The molecule has 2 atom stereocenters. The zero-order valence-corrected chi connectivity index (χ0v) is 20.2. The van der Waals surface area contributed by atoms with Crippen molar-refractivity contribution in [2.45, 2.75) is 33.1 Å². The number of fused-ring (bicyclic) bond motifs is 2. The van der Waals surface area contributed by atoms with Crippen molar-refractivity contribution >= 4 is 17.5 Å². The van der Waals surface area contributed by atoms with E-state index < -0.39 is 0 Å². The van der Waals surface area contributed by atoms with Gasteiger partial charge in [0.25, 0.3) is 5.91 Å². The highest BCUT2D eigenvalue weighted by atomic mass is 19.1. The first-order valence-corrected chi connectivity index (χ1v) is 12.2. The number of rotatable bonds is 5. The van der Waals surface area contributed by atoms with Gasteiger partial charge in [-0.05, 0) is 72.2 Å². The molecule has 4 aromatic rings. The van der Waals surface area contributed by atoms with Gasteiger partial charge < -0.3 is 10.3 Å². The number of aryl methyl sites for hydroxylation is 1. The maximum absolute atomic E-state index is 13.5. The fraction of sp³-hybridized carbons (Fsp3) is 0.233. The van der Waals surface area contributed by atoms with Crippen LogP contribution in [0.15, 0.2) is 66.9 Å². The summed E-state index contributed by atoms with van der Waals surface area (Å²) in [4.78, 5) is 34.2. The van der Waals surface area contributed by atoms with Crippen molar-refractivity contribution in [1.29, 1.82) is 0 Å². The normalized spacial score (nSPS) is 20.0. The van der Waals surface area contributed by atoms with Gasteiger partial charge in [-0.2, -0.15) is 0 Å². The van der Waals surface area contributed by atoms with Gasteiger partial charge in [-0.1, -0.05) is 37.3 Å². The Morgan fingerprint density at radius 2 is 1.97 bits per heavy atom. The van der Waals surface area contributed by atoms with Crippen molar-refractivity contribution in [3.63, 3.8) is 0 Å². The minimum atomic E-state index is -0.383. The molecule has 2 N–H and O–H groups in total. The molecule has 2 heterocycles. The van der Waals surface area contributed by atoms with E-state index in [1.165, 1.54) is 18.2 Å². The number of benzene rings is 2. The lowest BCUT2D eigenvalue weighted by Crippen LogP contribution is -2.20. The van der Waals surface area contributed by atoms with E-state index in [9.17, 15) is 14.0 Å². The van der Waals surface area contributed by atoms with Crippen molar-refractivity contribution in [1.82, 2.24) is 9.97 Å². The largest absolute Gasteiger partial charge is 0.358 e. The fourth-order valence-electron chi connectivity index (χ4n) is 5.56. The second-order valence-corrected chi connectivity index (χ2v) is 10.3. The van der Waals surface area contributed by atoms with Crippen LogP contribution >= 0.6 is 0 Å². The van der Waals surface area contributed by atoms with Crippen LogP contribution in [0, 0.1) is 24.1 Å². The highest BCUT2D eigenvalue weighted by Gasteiger charge is 2.58. The van der Waals surface area contributed by atoms with Crippen LogP contribution in [0.3, 0.4) is 0 Å². The lowest BCUT2D eigenvalue weighted by molar-refractivity contribution is 0.0938. The molecule has 1 amide bonds. The molecule has 2 aromatic heterocycles. The summed E-state index contributed by atoms with van der Waals surface area (Å²) in [7, 11) is 0. The summed E-state index contributed by atoms with van der Waals surface area (Å²) in [5, 5.41) is 2.84. The van der Waals surface area contributed by atoms with Gasteiger partial charge in [-0.15, -0.1) is 0 Å². The molecule has 1 saturated carbocycles. The van der Waals surface area contributed by atoms with Crippen LogP contribution in [0.2, 0.25) is 0 Å². The first-order chi connectivity index (χ1) is 17.3. The number of carbonyl (C=O) groups is 2. The van der Waals surface area contributed by atoms with Gasteiger partial charge in [0.1, 0.15) is 11.6 Å². The smallest absolute Gasteiger partial charge is 0.257 e. The number of aromatic amines is 1. The quantitative estimate of drug-likeness (QED) is 0.361. The van der Waals surface area contributed by atoms with Crippen LogP contribution in [0.5, 0.6) is 0 Å². The second-order valence-electron chi connectivity index (χ2n) is 10.3. The molecule has 0 radical (unpaired) electrons. The average Bonchev–Trinajstić information content (AvgIpc) is 3.42. The van der Waals surface area contributed by atoms with Crippen LogP contribution in [0.25, 0.3) is 11.3 Å². The maximum atomic E-state index is 13.5. The van der Waals surface area contributed by atoms with E-state index in [1.54, 1.807) is 13.1 Å². The third kappa shape index (κ3) is 3.83. The summed E-state index contributed by atoms with van der Waals surface area (Å²) in [6.07, 6.45) is 4.09. The summed E-state index contributed by atoms with van der Waals surface area (Å²) in [6, 6.07) is 17.9. The molecule has 0 spiro atoms. The highest BCUT2D eigenvalue weighted by molar-refractivity contribution is 6.06. The standard InChI is InChI=1S/C30H26FN3O2/c1-17-12-20(31)8-9-21(17)29(36)34-25-14-19(10-11-32-25)27-22(13-18-6-4-3-5-7-18)26-24(33-27)16-30(2)15-23(30)28(26)35/h3-12,14,23,33H,13,15-16H2,1-2H3,(H,32,34,36)/t23-,30+/m1/s1. The molecule has 36 heavy (non-hydrogen) atoms. The van der Waals surface area contributed by atoms with Gasteiger partial charge in [0.05, 0.1) is 5.69 Å². The fourth-order valence-corrected chi connectivity index (χ4v) is 5.56. The summed E-state index contributed by atoms with van der Waals surface area (Å²) in [5.74, 6) is -0.000874. The monoisotopic (exact) mass is 479 g/mol. The number of aromatic nitrogens is 2. The Kier molecular flexibility index (Phi) is 5.14. The van der Waals surface area contributed by atoms with Gasteiger partial charge in [0.15, 0.2) is 5.78 Å². The third-order valence-electron chi connectivity index (χ3n) is 7.62. The number of nitrogens with zero attached hydrogens (tertiary/aromatic N) is 1. The average molecular weight is 480 g/mol. The molecule has 6 rings (SSSR count). The van der Waals surface area contributed by atoms with Crippen molar-refractivity contribution in [2.75, 3.05) is 5.32 Å². The minimum absolute atomic E-state index is 0.0562. The Balaban J connectivity index is 1.38.